The van der Waals surface area contributed by atoms with Crippen molar-refractivity contribution in [1.82, 2.24) is 14.7 Å². The van der Waals surface area contributed by atoms with Crippen LogP contribution < -0.4 is 0 Å². The molecule has 1 unspecified atom stereocenters. The molecule has 1 amide bonds. The Balaban J connectivity index is 1.75. The van der Waals surface area contributed by atoms with E-state index in [1.165, 1.54) is 0 Å². The van der Waals surface area contributed by atoms with E-state index in [2.05, 4.69) is 37.5 Å². The van der Waals surface area contributed by atoms with Crippen molar-refractivity contribution < 1.29 is 4.79 Å². The molecule has 2 aliphatic heterocycles. The minimum atomic E-state index is 0.00885. The molecule has 4 nitrogen and oxygen atoms in total. The van der Waals surface area contributed by atoms with Crippen LogP contribution in [0.4, 0.5) is 0 Å². The number of rotatable bonds is 3. The molecule has 0 saturated carbocycles. The lowest BCUT2D eigenvalue weighted by atomic mass is 9.92. The summed E-state index contributed by atoms with van der Waals surface area (Å²) in [4.78, 5) is 20.2. The van der Waals surface area contributed by atoms with Gasteiger partial charge in [-0.05, 0) is 44.0 Å². The van der Waals surface area contributed by atoms with Gasteiger partial charge in [0.25, 0.3) is 5.91 Å². The zero-order chi connectivity index (χ0) is 18.2. The molecule has 5 heteroatoms. The summed E-state index contributed by atoms with van der Waals surface area (Å²) in [7, 11) is 0. The molecule has 3 rings (SSSR count). The number of piperazine rings is 2. The number of halogens is 1. The number of fused-ring (bicyclic) bond motifs is 1. The second-order valence-corrected chi connectivity index (χ2v) is 8.94. The Labute approximate surface area is 156 Å². The number of carbonyl (C=O) groups excluding carboxylic acids is 1. The highest BCUT2D eigenvalue weighted by Gasteiger charge is 2.43. The van der Waals surface area contributed by atoms with E-state index in [9.17, 15) is 4.79 Å². The number of hydrogen-bond acceptors (Lipinski definition) is 3. The van der Waals surface area contributed by atoms with Gasteiger partial charge in [-0.1, -0.05) is 25.4 Å². The predicted molar refractivity (Wildman–Crippen MR) is 103 cm³/mol. The average molecular weight is 364 g/mol. The maximum absolute atomic E-state index is 13.0. The fourth-order valence-corrected chi connectivity index (χ4v) is 4.49. The van der Waals surface area contributed by atoms with Gasteiger partial charge in [-0.2, -0.15) is 0 Å². The van der Waals surface area contributed by atoms with Gasteiger partial charge in [0.15, 0.2) is 0 Å². The van der Waals surface area contributed by atoms with Gasteiger partial charge in [0, 0.05) is 61.4 Å². The monoisotopic (exact) mass is 363 g/mol. The number of carbonyl (C=O) groups is 1. The van der Waals surface area contributed by atoms with E-state index < -0.39 is 0 Å². The molecule has 0 bridgehead atoms. The summed E-state index contributed by atoms with van der Waals surface area (Å²) in [6.45, 7) is 15.0. The van der Waals surface area contributed by atoms with Crippen LogP contribution in [0, 0.1) is 5.92 Å². The first-order chi connectivity index (χ1) is 11.8. The van der Waals surface area contributed by atoms with Crippen LogP contribution in [-0.2, 0) is 0 Å². The molecule has 25 heavy (non-hydrogen) atoms. The summed E-state index contributed by atoms with van der Waals surface area (Å²) in [5.41, 5.74) is 0.734. The van der Waals surface area contributed by atoms with Crippen LogP contribution in [-0.4, -0.2) is 71.5 Å². The first-order valence-corrected chi connectivity index (χ1v) is 9.68. The summed E-state index contributed by atoms with van der Waals surface area (Å²) in [6.07, 6.45) is 0. The van der Waals surface area contributed by atoms with E-state index in [0.717, 1.165) is 44.8 Å². The maximum atomic E-state index is 13.0. The molecule has 2 fully saturated rings. The third-order valence-electron chi connectivity index (χ3n) is 5.36. The minimum Gasteiger partial charge on any atom is -0.335 e. The van der Waals surface area contributed by atoms with Crippen molar-refractivity contribution in [2.45, 2.75) is 39.3 Å². The van der Waals surface area contributed by atoms with Gasteiger partial charge in [0.1, 0.15) is 0 Å². The van der Waals surface area contributed by atoms with Crippen LogP contribution in [0.5, 0.6) is 0 Å². The highest BCUT2D eigenvalue weighted by molar-refractivity contribution is 6.30. The molecule has 0 N–H and O–H groups in total. The SMILES string of the molecule is CC(C)CN1CCN2C(C1)CN(C(=O)c1ccc(Cl)cc1)CC2(C)C. The molecule has 2 saturated heterocycles. The minimum absolute atomic E-state index is 0.00885. The van der Waals surface area contributed by atoms with E-state index in [-0.39, 0.29) is 11.4 Å². The molecule has 0 spiro atoms. The Bertz CT molecular complexity index is 614. The highest BCUT2D eigenvalue weighted by Crippen LogP contribution is 2.29. The fraction of sp³-hybridized carbons (Fsp3) is 0.650. The van der Waals surface area contributed by atoms with Crippen LogP contribution in [0.25, 0.3) is 0 Å². The summed E-state index contributed by atoms with van der Waals surface area (Å²) in [6, 6.07) is 7.65. The molecule has 0 radical (unpaired) electrons. The molecule has 1 atom stereocenters. The van der Waals surface area contributed by atoms with Crippen molar-refractivity contribution in [3.8, 4) is 0 Å². The molecular weight excluding hydrogens is 334 g/mol. The number of benzene rings is 1. The largest absolute Gasteiger partial charge is 0.335 e. The van der Waals surface area contributed by atoms with Crippen molar-refractivity contribution >= 4 is 17.5 Å². The molecule has 0 aliphatic carbocycles. The zero-order valence-electron chi connectivity index (χ0n) is 15.8. The number of amides is 1. The second kappa shape index (κ2) is 7.26. The van der Waals surface area contributed by atoms with Crippen molar-refractivity contribution in [2.24, 2.45) is 5.92 Å². The fourth-order valence-electron chi connectivity index (χ4n) is 4.36. The summed E-state index contributed by atoms with van der Waals surface area (Å²) in [5.74, 6) is 0.792. The molecular formula is C20H30ClN3O. The van der Waals surface area contributed by atoms with Gasteiger partial charge in [0.05, 0.1) is 0 Å². The Morgan fingerprint density at radius 1 is 1.20 bits per heavy atom. The molecule has 1 aromatic rings. The lowest BCUT2D eigenvalue weighted by molar-refractivity contribution is -0.0577. The second-order valence-electron chi connectivity index (χ2n) is 8.51. The summed E-state index contributed by atoms with van der Waals surface area (Å²) >= 11 is 5.96. The lowest BCUT2D eigenvalue weighted by Crippen LogP contribution is -2.70. The average Bonchev–Trinajstić information content (AvgIpc) is 2.53. The third kappa shape index (κ3) is 4.18. The van der Waals surface area contributed by atoms with Crippen LogP contribution >= 0.6 is 11.6 Å². The Kier molecular flexibility index (Phi) is 5.42. The summed E-state index contributed by atoms with van der Waals surface area (Å²) < 4.78 is 0. The topological polar surface area (TPSA) is 26.8 Å². The normalized spacial score (nSPS) is 24.4. The van der Waals surface area contributed by atoms with Gasteiger partial charge in [-0.25, -0.2) is 0 Å². The zero-order valence-corrected chi connectivity index (χ0v) is 16.6. The standard InChI is InChI=1S/C20H30ClN3O/c1-15(2)11-22-9-10-24-18(12-22)13-23(14-20(24,3)4)19(25)16-5-7-17(21)8-6-16/h5-8,15,18H,9-14H2,1-4H3. The lowest BCUT2D eigenvalue weighted by Gasteiger charge is -2.55. The first kappa shape index (κ1) is 18.7. The number of nitrogens with zero attached hydrogens (tertiary/aromatic N) is 3. The van der Waals surface area contributed by atoms with E-state index in [1.54, 1.807) is 12.1 Å². The van der Waals surface area contributed by atoms with Crippen LogP contribution in [0.1, 0.15) is 38.1 Å². The van der Waals surface area contributed by atoms with Gasteiger partial charge in [-0.3, -0.25) is 9.69 Å². The third-order valence-corrected chi connectivity index (χ3v) is 5.61. The number of hydrogen-bond donors (Lipinski definition) is 0. The van der Waals surface area contributed by atoms with Crippen molar-refractivity contribution in [3.63, 3.8) is 0 Å². The van der Waals surface area contributed by atoms with Crippen molar-refractivity contribution in [3.05, 3.63) is 34.9 Å². The molecule has 138 valence electrons. The van der Waals surface area contributed by atoms with Gasteiger partial charge in [-0.15, -0.1) is 0 Å². The maximum Gasteiger partial charge on any atom is 0.253 e. The van der Waals surface area contributed by atoms with Crippen molar-refractivity contribution in [2.75, 3.05) is 39.3 Å². The quantitative estimate of drug-likeness (QED) is 0.825. The van der Waals surface area contributed by atoms with E-state index in [0.29, 0.717) is 17.0 Å². The predicted octanol–water partition coefficient (Wildman–Crippen LogP) is 3.22. The molecule has 2 heterocycles. The summed E-state index contributed by atoms with van der Waals surface area (Å²) in [5, 5.41) is 0.665. The Hall–Kier alpha value is -1.10. The smallest absolute Gasteiger partial charge is 0.253 e. The van der Waals surface area contributed by atoms with Gasteiger partial charge >= 0.3 is 0 Å². The first-order valence-electron chi connectivity index (χ1n) is 9.30. The molecule has 0 aromatic heterocycles. The van der Waals surface area contributed by atoms with Crippen LogP contribution in [0.3, 0.4) is 0 Å². The van der Waals surface area contributed by atoms with Gasteiger partial charge in [0.2, 0.25) is 0 Å². The van der Waals surface area contributed by atoms with Crippen LogP contribution in [0.2, 0.25) is 5.02 Å². The Morgan fingerprint density at radius 2 is 1.88 bits per heavy atom. The van der Waals surface area contributed by atoms with E-state index >= 15 is 0 Å². The van der Waals surface area contributed by atoms with Crippen LogP contribution in [0.15, 0.2) is 24.3 Å². The molecule has 1 aromatic carbocycles. The van der Waals surface area contributed by atoms with E-state index in [4.69, 9.17) is 11.6 Å². The van der Waals surface area contributed by atoms with E-state index in [1.807, 2.05) is 17.0 Å². The highest BCUT2D eigenvalue weighted by atomic mass is 35.5. The molecule has 2 aliphatic rings. The van der Waals surface area contributed by atoms with Gasteiger partial charge < -0.3 is 9.80 Å². The van der Waals surface area contributed by atoms with Crippen molar-refractivity contribution in [1.29, 1.82) is 0 Å². The Morgan fingerprint density at radius 3 is 2.52 bits per heavy atom.